The first-order chi connectivity index (χ1) is 11.2. The van der Waals surface area contributed by atoms with Crippen LogP contribution in [0.3, 0.4) is 0 Å². The smallest absolute Gasteiger partial charge is 0.161 e. The fourth-order valence-electron chi connectivity index (χ4n) is 7.24. The number of carbonyl (C=O) groups is 1. The Morgan fingerprint density at radius 3 is 2.54 bits per heavy atom. The van der Waals surface area contributed by atoms with Crippen LogP contribution in [0.1, 0.15) is 72.1 Å². The van der Waals surface area contributed by atoms with Crippen LogP contribution in [0.15, 0.2) is 11.6 Å². The molecule has 3 heteroatoms. The Labute approximate surface area is 145 Å². The van der Waals surface area contributed by atoms with Crippen molar-refractivity contribution >= 4 is 5.78 Å². The van der Waals surface area contributed by atoms with Crippen molar-refractivity contribution in [2.45, 2.75) is 83.8 Å². The van der Waals surface area contributed by atoms with E-state index in [1.54, 1.807) is 6.92 Å². The molecule has 7 atom stereocenters. The molecule has 2 N–H and O–H groups in total. The van der Waals surface area contributed by atoms with E-state index in [0.29, 0.717) is 24.2 Å². The molecule has 3 saturated carbocycles. The molecule has 3 nitrogen and oxygen atoms in total. The highest BCUT2D eigenvalue weighted by Crippen LogP contribution is 2.67. The summed E-state index contributed by atoms with van der Waals surface area (Å²) in [7, 11) is 0. The molecule has 0 unspecified atom stereocenters. The van der Waals surface area contributed by atoms with E-state index in [9.17, 15) is 15.0 Å². The van der Waals surface area contributed by atoms with Gasteiger partial charge in [-0.25, -0.2) is 0 Å². The predicted octanol–water partition coefficient (Wildman–Crippen LogP) is 3.63. The molecule has 0 bridgehead atoms. The first-order valence-corrected chi connectivity index (χ1v) is 9.83. The van der Waals surface area contributed by atoms with Crippen molar-refractivity contribution in [3.05, 3.63) is 11.6 Å². The molecule has 0 amide bonds. The van der Waals surface area contributed by atoms with Gasteiger partial charge in [0.15, 0.2) is 5.78 Å². The maximum atomic E-state index is 12.2. The van der Waals surface area contributed by atoms with Crippen molar-refractivity contribution in [3.63, 3.8) is 0 Å². The molecule has 0 aliphatic heterocycles. The zero-order chi connectivity index (χ0) is 17.3. The number of fused-ring (bicyclic) bond motifs is 5. The third-order valence-corrected chi connectivity index (χ3v) is 8.81. The van der Waals surface area contributed by atoms with Crippen LogP contribution in [-0.2, 0) is 4.79 Å². The summed E-state index contributed by atoms with van der Waals surface area (Å²) < 4.78 is 0. The topological polar surface area (TPSA) is 57.5 Å². The van der Waals surface area contributed by atoms with E-state index in [4.69, 9.17) is 0 Å². The van der Waals surface area contributed by atoms with Gasteiger partial charge in [-0.3, -0.25) is 4.79 Å². The summed E-state index contributed by atoms with van der Waals surface area (Å²) in [5.41, 5.74) is 0.331. The van der Waals surface area contributed by atoms with Gasteiger partial charge in [0.2, 0.25) is 0 Å². The number of hydrogen-bond acceptors (Lipinski definition) is 3. The number of Topliss-reactive ketones (excluding diaryl/α,β-unsaturated/α-hetero) is 1. The third kappa shape index (κ3) is 1.94. The summed E-state index contributed by atoms with van der Waals surface area (Å²) in [5, 5.41) is 21.2. The minimum Gasteiger partial charge on any atom is -0.393 e. The van der Waals surface area contributed by atoms with Crippen LogP contribution in [0.2, 0.25) is 0 Å². The molecule has 0 spiro atoms. The number of rotatable bonds is 1. The maximum Gasteiger partial charge on any atom is 0.161 e. The summed E-state index contributed by atoms with van der Waals surface area (Å²) in [4.78, 5) is 12.2. The van der Waals surface area contributed by atoms with E-state index in [-0.39, 0.29) is 22.7 Å². The lowest BCUT2D eigenvalue weighted by Crippen LogP contribution is -2.56. The molecule has 0 saturated heterocycles. The summed E-state index contributed by atoms with van der Waals surface area (Å²) in [5.74, 6) is 1.65. The second-order valence-electron chi connectivity index (χ2n) is 9.57. The molecule has 3 fully saturated rings. The highest BCUT2D eigenvalue weighted by atomic mass is 16.3. The van der Waals surface area contributed by atoms with E-state index in [2.05, 4.69) is 19.9 Å². The molecule has 134 valence electrons. The highest BCUT2D eigenvalue weighted by molar-refractivity contribution is 5.86. The molecule has 4 rings (SSSR count). The van der Waals surface area contributed by atoms with Gasteiger partial charge < -0.3 is 10.2 Å². The van der Waals surface area contributed by atoms with Gasteiger partial charge in [-0.05, 0) is 81.5 Å². The number of allylic oxidation sites excluding steroid dienone is 1. The molecule has 0 radical (unpaired) electrons. The van der Waals surface area contributed by atoms with Crippen LogP contribution < -0.4 is 0 Å². The number of aliphatic hydroxyl groups is 2. The molecule has 0 aromatic carbocycles. The first-order valence-electron chi connectivity index (χ1n) is 9.83. The molecule has 4 aliphatic carbocycles. The lowest BCUT2D eigenvalue weighted by atomic mass is 9.47. The van der Waals surface area contributed by atoms with E-state index >= 15 is 0 Å². The van der Waals surface area contributed by atoms with Crippen molar-refractivity contribution < 1.29 is 15.0 Å². The zero-order valence-electron chi connectivity index (χ0n) is 15.3. The molecular weight excluding hydrogens is 300 g/mol. The van der Waals surface area contributed by atoms with Gasteiger partial charge in [-0.15, -0.1) is 0 Å². The second kappa shape index (κ2) is 5.17. The van der Waals surface area contributed by atoms with Crippen molar-refractivity contribution in [1.29, 1.82) is 0 Å². The van der Waals surface area contributed by atoms with Crippen molar-refractivity contribution in [1.82, 2.24) is 0 Å². The van der Waals surface area contributed by atoms with E-state index in [0.717, 1.165) is 44.9 Å². The molecule has 4 aliphatic rings. The second-order valence-corrected chi connectivity index (χ2v) is 9.57. The molecule has 0 aromatic rings. The quantitative estimate of drug-likeness (QED) is 0.721. The Morgan fingerprint density at radius 2 is 1.83 bits per heavy atom. The Morgan fingerprint density at radius 1 is 1.12 bits per heavy atom. The predicted molar refractivity (Wildman–Crippen MR) is 93.3 cm³/mol. The van der Waals surface area contributed by atoms with E-state index in [1.165, 1.54) is 5.57 Å². The summed E-state index contributed by atoms with van der Waals surface area (Å²) in [6, 6.07) is 0. The maximum absolute atomic E-state index is 12.2. The van der Waals surface area contributed by atoms with Gasteiger partial charge in [-0.1, -0.05) is 25.5 Å². The van der Waals surface area contributed by atoms with Crippen molar-refractivity contribution in [3.8, 4) is 0 Å². The van der Waals surface area contributed by atoms with Gasteiger partial charge in [-0.2, -0.15) is 0 Å². The summed E-state index contributed by atoms with van der Waals surface area (Å²) >= 11 is 0. The van der Waals surface area contributed by atoms with Crippen LogP contribution >= 0.6 is 0 Å². The normalized spacial score (nSPS) is 53.6. The Balaban J connectivity index is 1.69. The van der Waals surface area contributed by atoms with Gasteiger partial charge in [0.25, 0.3) is 0 Å². The number of ketones is 1. The SMILES string of the molecule is CC(=O)[C@]1(O)CC[C@H]2[C@@H]3CC=C4C[C@@H](O)CC[C@]4(C)[C@H]3CC[C@]21C. The fourth-order valence-corrected chi connectivity index (χ4v) is 7.24. The highest BCUT2D eigenvalue weighted by Gasteiger charge is 2.65. The summed E-state index contributed by atoms with van der Waals surface area (Å²) in [6.45, 7) is 6.16. The minimum atomic E-state index is -1.11. The lowest BCUT2D eigenvalue weighted by Gasteiger charge is -2.58. The van der Waals surface area contributed by atoms with Crippen LogP contribution in [0, 0.1) is 28.6 Å². The van der Waals surface area contributed by atoms with Crippen LogP contribution in [0.25, 0.3) is 0 Å². The Bertz CT molecular complexity index is 596. The summed E-state index contributed by atoms with van der Waals surface area (Å²) in [6.07, 6.45) is 9.84. The van der Waals surface area contributed by atoms with Crippen LogP contribution in [0.5, 0.6) is 0 Å². The van der Waals surface area contributed by atoms with Crippen molar-refractivity contribution in [2.24, 2.45) is 28.6 Å². The van der Waals surface area contributed by atoms with E-state index < -0.39 is 5.60 Å². The van der Waals surface area contributed by atoms with Crippen LogP contribution in [0.4, 0.5) is 0 Å². The van der Waals surface area contributed by atoms with Gasteiger partial charge >= 0.3 is 0 Å². The minimum absolute atomic E-state index is 0.0370. The van der Waals surface area contributed by atoms with Gasteiger partial charge in [0.05, 0.1) is 6.10 Å². The number of aliphatic hydroxyl groups excluding tert-OH is 1. The zero-order valence-corrected chi connectivity index (χ0v) is 15.3. The molecule has 24 heavy (non-hydrogen) atoms. The number of carbonyl (C=O) groups excluding carboxylic acids is 1. The van der Waals surface area contributed by atoms with Gasteiger partial charge in [0, 0.05) is 5.41 Å². The average Bonchev–Trinajstić information content (AvgIpc) is 2.81. The average molecular weight is 332 g/mol. The molecular formula is C21H32O3. The standard InChI is InChI=1S/C21H32O3/c1-13(22)21(24)11-8-18-16-5-4-14-12-15(23)6-9-19(14,2)17(16)7-10-20(18,21)3/h4,15-18,23-24H,5-12H2,1-3H3/t15-,16+,17-,18-,19-,20+,21+/m0/s1. The molecule has 0 aromatic heterocycles. The van der Waals surface area contributed by atoms with Gasteiger partial charge in [0.1, 0.15) is 5.60 Å². The number of hydrogen-bond donors (Lipinski definition) is 2. The lowest BCUT2D eigenvalue weighted by molar-refractivity contribution is -0.159. The monoisotopic (exact) mass is 332 g/mol. The molecule has 0 heterocycles. The fraction of sp³-hybridized carbons (Fsp3) is 0.857. The largest absolute Gasteiger partial charge is 0.393 e. The third-order valence-electron chi connectivity index (χ3n) is 8.81. The Kier molecular flexibility index (Phi) is 3.61. The first kappa shape index (κ1) is 16.8. The Hall–Kier alpha value is -0.670. The van der Waals surface area contributed by atoms with Crippen molar-refractivity contribution in [2.75, 3.05) is 0 Å². The van der Waals surface area contributed by atoms with E-state index in [1.807, 2.05) is 0 Å². The van der Waals surface area contributed by atoms with Crippen LogP contribution in [-0.4, -0.2) is 27.7 Å².